The Balaban J connectivity index is 1.83. The van der Waals surface area contributed by atoms with Crippen molar-refractivity contribution >= 4 is 0 Å². The Morgan fingerprint density at radius 2 is 1.25 bits per heavy atom. The minimum atomic E-state index is 0.0842. The summed E-state index contributed by atoms with van der Waals surface area (Å²) < 4.78 is 6.95. The van der Waals surface area contributed by atoms with Crippen LogP contribution in [0.2, 0.25) is 0 Å². The molecule has 0 aromatic rings. The van der Waals surface area contributed by atoms with Crippen LogP contribution in [-0.4, -0.2) is 24.3 Å². The van der Waals surface area contributed by atoms with E-state index in [-0.39, 0.29) is 11.2 Å². The SMILES string of the molecule is CC1(C)CC(C)(C)CC2(CNCC3(CCCCC3)O2)C1. The molecule has 2 saturated carbocycles. The summed E-state index contributed by atoms with van der Waals surface area (Å²) in [5, 5.41) is 3.76. The molecule has 0 unspecified atom stereocenters. The van der Waals surface area contributed by atoms with Gasteiger partial charge in [0, 0.05) is 13.1 Å². The quantitative estimate of drug-likeness (QED) is 0.714. The zero-order valence-corrected chi connectivity index (χ0v) is 14.0. The Hall–Kier alpha value is -0.0800. The smallest absolute Gasteiger partial charge is 0.0824 e. The monoisotopic (exact) mass is 279 g/mol. The first-order valence-corrected chi connectivity index (χ1v) is 8.65. The first-order valence-electron chi connectivity index (χ1n) is 8.65. The molecule has 1 heterocycles. The zero-order valence-electron chi connectivity index (χ0n) is 14.0. The minimum absolute atomic E-state index is 0.0842. The van der Waals surface area contributed by atoms with Crippen LogP contribution in [0.3, 0.4) is 0 Å². The molecule has 2 spiro atoms. The lowest BCUT2D eigenvalue weighted by Gasteiger charge is -2.58. The fourth-order valence-electron chi connectivity index (χ4n) is 5.95. The van der Waals surface area contributed by atoms with Gasteiger partial charge in [0.15, 0.2) is 0 Å². The van der Waals surface area contributed by atoms with E-state index >= 15 is 0 Å². The topological polar surface area (TPSA) is 21.3 Å². The van der Waals surface area contributed by atoms with Gasteiger partial charge in [-0.15, -0.1) is 0 Å². The maximum Gasteiger partial charge on any atom is 0.0824 e. The highest BCUT2D eigenvalue weighted by Gasteiger charge is 2.53. The second-order valence-corrected chi connectivity index (χ2v) is 9.49. The van der Waals surface area contributed by atoms with E-state index in [0.29, 0.717) is 10.8 Å². The summed E-state index contributed by atoms with van der Waals surface area (Å²) in [5.41, 5.74) is 1.04. The Labute approximate surface area is 125 Å². The summed E-state index contributed by atoms with van der Waals surface area (Å²) in [6, 6.07) is 0. The standard InChI is InChI=1S/C18H33NO/c1-15(2)10-16(3,4)12-18(11-15)14-19-13-17(20-18)8-6-5-7-9-17/h19H,5-14H2,1-4H3. The van der Waals surface area contributed by atoms with E-state index in [0.717, 1.165) is 13.1 Å². The highest BCUT2D eigenvalue weighted by Crippen LogP contribution is 2.54. The van der Waals surface area contributed by atoms with Gasteiger partial charge >= 0.3 is 0 Å². The van der Waals surface area contributed by atoms with Crippen molar-refractivity contribution in [2.24, 2.45) is 10.8 Å². The molecule has 3 aliphatic rings. The Kier molecular flexibility index (Phi) is 3.49. The van der Waals surface area contributed by atoms with E-state index in [4.69, 9.17) is 4.74 Å². The molecular weight excluding hydrogens is 246 g/mol. The molecule has 1 aliphatic heterocycles. The van der Waals surface area contributed by atoms with Crippen molar-refractivity contribution in [1.29, 1.82) is 0 Å². The summed E-state index contributed by atoms with van der Waals surface area (Å²) in [6.07, 6.45) is 10.4. The highest BCUT2D eigenvalue weighted by molar-refractivity contribution is 5.05. The molecule has 2 aliphatic carbocycles. The fourth-order valence-corrected chi connectivity index (χ4v) is 5.95. The van der Waals surface area contributed by atoms with Gasteiger partial charge in [0.2, 0.25) is 0 Å². The Morgan fingerprint density at radius 3 is 1.85 bits per heavy atom. The number of rotatable bonds is 0. The van der Waals surface area contributed by atoms with Crippen molar-refractivity contribution in [3.05, 3.63) is 0 Å². The lowest BCUT2D eigenvalue weighted by Crippen LogP contribution is -2.64. The van der Waals surface area contributed by atoms with Gasteiger partial charge in [0.25, 0.3) is 0 Å². The second kappa shape index (κ2) is 4.71. The number of hydrogen-bond donors (Lipinski definition) is 1. The van der Waals surface area contributed by atoms with E-state index in [2.05, 4.69) is 33.0 Å². The molecule has 2 heteroatoms. The van der Waals surface area contributed by atoms with Crippen LogP contribution in [0.5, 0.6) is 0 Å². The molecule has 2 nitrogen and oxygen atoms in total. The van der Waals surface area contributed by atoms with Gasteiger partial charge in [-0.3, -0.25) is 0 Å². The molecule has 0 aromatic heterocycles. The summed E-state index contributed by atoms with van der Waals surface area (Å²) in [6.45, 7) is 11.9. The van der Waals surface area contributed by atoms with Crippen LogP contribution in [0.1, 0.15) is 79.1 Å². The normalized spacial score (nSPS) is 34.2. The van der Waals surface area contributed by atoms with Crippen LogP contribution in [0, 0.1) is 10.8 Å². The van der Waals surface area contributed by atoms with E-state index in [1.807, 2.05) is 0 Å². The molecule has 3 rings (SSSR count). The van der Waals surface area contributed by atoms with Crippen LogP contribution < -0.4 is 5.32 Å². The van der Waals surface area contributed by atoms with Crippen LogP contribution >= 0.6 is 0 Å². The summed E-state index contributed by atoms with van der Waals surface area (Å²) in [7, 11) is 0. The van der Waals surface area contributed by atoms with Gasteiger partial charge in [-0.05, 0) is 42.9 Å². The largest absolute Gasteiger partial charge is 0.366 e. The van der Waals surface area contributed by atoms with Crippen molar-refractivity contribution in [2.45, 2.75) is 90.3 Å². The third kappa shape index (κ3) is 2.92. The first kappa shape index (κ1) is 14.8. The minimum Gasteiger partial charge on any atom is -0.366 e. The molecule has 116 valence electrons. The molecule has 0 bridgehead atoms. The molecule has 20 heavy (non-hydrogen) atoms. The Bertz CT molecular complexity index is 344. The average Bonchev–Trinajstić information content (AvgIpc) is 2.24. The van der Waals surface area contributed by atoms with Crippen molar-refractivity contribution < 1.29 is 4.74 Å². The zero-order chi connectivity index (χ0) is 14.5. The van der Waals surface area contributed by atoms with Gasteiger partial charge in [0.1, 0.15) is 0 Å². The molecule has 0 aromatic carbocycles. The summed E-state index contributed by atoms with van der Waals surface area (Å²) in [4.78, 5) is 0. The van der Waals surface area contributed by atoms with Gasteiger partial charge in [-0.2, -0.15) is 0 Å². The first-order chi connectivity index (χ1) is 9.24. The van der Waals surface area contributed by atoms with Gasteiger partial charge in [-0.25, -0.2) is 0 Å². The van der Waals surface area contributed by atoms with Crippen LogP contribution in [0.4, 0.5) is 0 Å². The van der Waals surface area contributed by atoms with Crippen LogP contribution in [0.15, 0.2) is 0 Å². The number of hydrogen-bond acceptors (Lipinski definition) is 2. The van der Waals surface area contributed by atoms with Crippen LogP contribution in [0.25, 0.3) is 0 Å². The van der Waals surface area contributed by atoms with E-state index in [1.165, 1.54) is 51.4 Å². The Morgan fingerprint density at radius 1 is 0.700 bits per heavy atom. The van der Waals surface area contributed by atoms with Crippen molar-refractivity contribution in [3.8, 4) is 0 Å². The number of ether oxygens (including phenoxy) is 1. The molecule has 0 atom stereocenters. The molecular formula is C18H33NO. The summed E-state index contributed by atoms with van der Waals surface area (Å²) >= 11 is 0. The maximum atomic E-state index is 6.95. The maximum absolute atomic E-state index is 6.95. The van der Waals surface area contributed by atoms with Gasteiger partial charge in [0.05, 0.1) is 11.2 Å². The number of morpholine rings is 1. The lowest BCUT2D eigenvalue weighted by atomic mass is 9.59. The third-order valence-corrected chi connectivity index (χ3v) is 5.65. The van der Waals surface area contributed by atoms with E-state index in [9.17, 15) is 0 Å². The predicted molar refractivity (Wildman–Crippen MR) is 83.9 cm³/mol. The van der Waals surface area contributed by atoms with Gasteiger partial charge < -0.3 is 10.1 Å². The molecule has 1 N–H and O–H groups in total. The van der Waals surface area contributed by atoms with Crippen molar-refractivity contribution in [3.63, 3.8) is 0 Å². The van der Waals surface area contributed by atoms with Crippen LogP contribution in [-0.2, 0) is 4.74 Å². The molecule has 0 amide bonds. The summed E-state index contributed by atoms with van der Waals surface area (Å²) in [5.74, 6) is 0. The average molecular weight is 279 g/mol. The molecule has 3 fully saturated rings. The molecule has 1 saturated heterocycles. The third-order valence-electron chi connectivity index (χ3n) is 5.65. The van der Waals surface area contributed by atoms with E-state index in [1.54, 1.807) is 0 Å². The lowest BCUT2D eigenvalue weighted by molar-refractivity contribution is -0.229. The van der Waals surface area contributed by atoms with Crippen molar-refractivity contribution in [1.82, 2.24) is 5.32 Å². The van der Waals surface area contributed by atoms with Crippen molar-refractivity contribution in [2.75, 3.05) is 13.1 Å². The van der Waals surface area contributed by atoms with Gasteiger partial charge in [-0.1, -0.05) is 47.0 Å². The highest BCUT2D eigenvalue weighted by atomic mass is 16.5. The fraction of sp³-hybridized carbons (Fsp3) is 1.00. The number of nitrogens with one attached hydrogen (secondary N) is 1. The predicted octanol–water partition coefficient (Wildman–Crippen LogP) is 4.28. The van der Waals surface area contributed by atoms with E-state index < -0.39 is 0 Å². The second-order valence-electron chi connectivity index (χ2n) is 9.49. The molecule has 0 radical (unpaired) electrons.